The molecule has 1 aromatic heterocycles. The lowest BCUT2D eigenvalue weighted by molar-refractivity contribution is -0.138. The van der Waals surface area contributed by atoms with Gasteiger partial charge in [0.05, 0.1) is 12.5 Å². The maximum absolute atomic E-state index is 12.5. The molecule has 2 bridgehead atoms. The molecule has 0 aromatic carbocycles. The summed E-state index contributed by atoms with van der Waals surface area (Å²) in [5.41, 5.74) is 0. The van der Waals surface area contributed by atoms with Crippen molar-refractivity contribution in [3.05, 3.63) is 17.9 Å². The van der Waals surface area contributed by atoms with Crippen molar-refractivity contribution < 1.29 is 18.7 Å². The number of ether oxygens (including phenoxy) is 1. The summed E-state index contributed by atoms with van der Waals surface area (Å²) in [7, 11) is 1.83. The van der Waals surface area contributed by atoms with Crippen molar-refractivity contribution in [2.45, 2.75) is 25.8 Å². The number of hydrogen-bond donors (Lipinski definition) is 0. The highest BCUT2D eigenvalue weighted by molar-refractivity contribution is 5.92. The van der Waals surface area contributed by atoms with E-state index in [0.717, 1.165) is 12.8 Å². The molecule has 1 aromatic rings. The summed E-state index contributed by atoms with van der Waals surface area (Å²) >= 11 is 0. The number of nitrogens with zero attached hydrogens (tertiary/aromatic N) is 2. The number of piperidine rings is 1. The van der Waals surface area contributed by atoms with E-state index in [2.05, 4.69) is 0 Å². The van der Waals surface area contributed by atoms with E-state index in [9.17, 15) is 9.59 Å². The molecule has 3 aliphatic rings. The van der Waals surface area contributed by atoms with E-state index in [-0.39, 0.29) is 29.5 Å². The van der Waals surface area contributed by atoms with Crippen molar-refractivity contribution in [1.82, 2.24) is 9.80 Å². The number of hydrogen-bond acceptors (Lipinski definition) is 4. The van der Waals surface area contributed by atoms with E-state index in [1.165, 1.54) is 0 Å². The first kappa shape index (κ1) is 14.0. The summed E-state index contributed by atoms with van der Waals surface area (Å²) in [6.07, 6.45) is 1.82. The van der Waals surface area contributed by atoms with Crippen molar-refractivity contribution in [1.29, 1.82) is 0 Å². The number of amides is 2. The molecule has 4 heterocycles. The third-order valence-electron chi connectivity index (χ3n) is 4.33. The van der Waals surface area contributed by atoms with Gasteiger partial charge in [0.2, 0.25) is 5.91 Å². The molecule has 0 spiro atoms. The number of likely N-dealkylation sites (N-methyl/N-ethyl adjacent to an activating group) is 1. The summed E-state index contributed by atoms with van der Waals surface area (Å²) in [5, 5.41) is 0. The minimum absolute atomic E-state index is 0.0842. The molecule has 3 aliphatic heterocycles. The largest absolute Gasteiger partial charge is 0.465 e. The van der Waals surface area contributed by atoms with Crippen LogP contribution < -0.4 is 4.74 Å². The average Bonchev–Trinajstić information content (AvgIpc) is 2.77. The first-order valence-corrected chi connectivity index (χ1v) is 7.38. The minimum Gasteiger partial charge on any atom is -0.465 e. The van der Waals surface area contributed by atoms with Gasteiger partial charge >= 0.3 is 0 Å². The van der Waals surface area contributed by atoms with Gasteiger partial charge in [0, 0.05) is 32.2 Å². The van der Waals surface area contributed by atoms with Crippen molar-refractivity contribution in [2.75, 3.05) is 26.7 Å². The Morgan fingerprint density at radius 3 is 2.95 bits per heavy atom. The average molecular weight is 292 g/mol. The van der Waals surface area contributed by atoms with Crippen LogP contribution in [0.3, 0.4) is 0 Å². The van der Waals surface area contributed by atoms with E-state index < -0.39 is 0 Å². The maximum atomic E-state index is 12.5. The summed E-state index contributed by atoms with van der Waals surface area (Å²) in [6.45, 7) is 3.40. The fourth-order valence-electron chi connectivity index (χ4n) is 3.13. The van der Waals surface area contributed by atoms with Gasteiger partial charge in [-0.3, -0.25) is 9.59 Å². The van der Waals surface area contributed by atoms with Crippen molar-refractivity contribution in [2.24, 2.45) is 5.92 Å². The quantitative estimate of drug-likeness (QED) is 0.844. The summed E-state index contributed by atoms with van der Waals surface area (Å²) in [5.74, 6) is 0.526. The van der Waals surface area contributed by atoms with E-state index in [0.29, 0.717) is 25.6 Å². The lowest BCUT2D eigenvalue weighted by atomic mass is 9.95. The van der Waals surface area contributed by atoms with Crippen LogP contribution in [-0.2, 0) is 4.79 Å². The molecule has 2 amide bonds. The Morgan fingerprint density at radius 2 is 2.19 bits per heavy atom. The minimum atomic E-state index is -0.166. The summed E-state index contributed by atoms with van der Waals surface area (Å²) in [4.78, 5) is 28.2. The molecule has 114 valence electrons. The molecule has 0 saturated carbocycles. The number of fused-ring (bicyclic) bond motifs is 4. The zero-order valence-electron chi connectivity index (χ0n) is 12.4. The molecule has 3 fully saturated rings. The molecule has 0 N–H and O–H groups in total. The number of rotatable bonds is 3. The normalized spacial score (nSPS) is 25.1. The highest BCUT2D eigenvalue weighted by Gasteiger charge is 2.40. The van der Waals surface area contributed by atoms with Crippen LogP contribution in [0.4, 0.5) is 0 Å². The highest BCUT2D eigenvalue weighted by atomic mass is 16.6. The van der Waals surface area contributed by atoms with Crippen LogP contribution in [-0.4, -0.2) is 54.4 Å². The Bertz CT molecular complexity index is 554. The Kier molecular flexibility index (Phi) is 3.61. The van der Waals surface area contributed by atoms with E-state index in [4.69, 9.17) is 9.15 Å². The smallest absolute Gasteiger partial charge is 0.289 e. The van der Waals surface area contributed by atoms with Crippen LogP contribution in [0.15, 0.2) is 16.5 Å². The molecule has 0 aliphatic carbocycles. The topological polar surface area (TPSA) is 63.0 Å². The maximum Gasteiger partial charge on any atom is 0.289 e. The van der Waals surface area contributed by atoms with Gasteiger partial charge in [-0.05, 0) is 25.8 Å². The third-order valence-corrected chi connectivity index (χ3v) is 4.33. The standard InChI is InChI=1S/C15H20N2O4/c1-3-20-13-7-6-12(21-13)15(19)17-8-10-4-5-11(9-17)16(2)14(10)18/h6-7,10-11H,3-5,8-9H2,1-2H3/t10-,11+/m1/s1. The molecule has 2 atom stereocenters. The third kappa shape index (κ3) is 2.50. The lowest BCUT2D eigenvalue weighted by Gasteiger charge is -2.32. The van der Waals surface area contributed by atoms with Crippen LogP contribution >= 0.6 is 0 Å². The van der Waals surface area contributed by atoms with Gasteiger partial charge < -0.3 is 19.0 Å². The number of carbonyl (C=O) groups excluding carboxylic acids is 2. The number of carbonyl (C=O) groups is 2. The first-order chi connectivity index (χ1) is 10.1. The van der Waals surface area contributed by atoms with Gasteiger partial charge in [0.15, 0.2) is 5.76 Å². The van der Waals surface area contributed by atoms with Crippen molar-refractivity contribution >= 4 is 11.8 Å². The number of furan rings is 1. The predicted octanol–water partition coefficient (Wildman–Crippen LogP) is 1.37. The fourth-order valence-corrected chi connectivity index (χ4v) is 3.13. The molecule has 6 nitrogen and oxygen atoms in total. The van der Waals surface area contributed by atoms with Crippen molar-refractivity contribution in [3.8, 4) is 5.95 Å². The second-order valence-corrected chi connectivity index (χ2v) is 5.64. The van der Waals surface area contributed by atoms with Gasteiger partial charge in [-0.15, -0.1) is 0 Å². The Labute approximate surface area is 123 Å². The van der Waals surface area contributed by atoms with Gasteiger partial charge in [0.1, 0.15) is 0 Å². The second-order valence-electron chi connectivity index (χ2n) is 5.64. The zero-order chi connectivity index (χ0) is 15.0. The molecule has 3 saturated heterocycles. The van der Waals surface area contributed by atoms with E-state index in [1.807, 2.05) is 14.0 Å². The highest BCUT2D eigenvalue weighted by Crippen LogP contribution is 2.29. The second kappa shape index (κ2) is 5.42. The molecule has 6 heteroatoms. The predicted molar refractivity (Wildman–Crippen MR) is 75.1 cm³/mol. The summed E-state index contributed by atoms with van der Waals surface area (Å²) < 4.78 is 10.7. The van der Waals surface area contributed by atoms with Crippen LogP contribution in [0.1, 0.15) is 30.3 Å². The molecule has 0 unspecified atom stereocenters. The Morgan fingerprint density at radius 1 is 1.38 bits per heavy atom. The molecule has 0 radical (unpaired) electrons. The molecule has 4 rings (SSSR count). The van der Waals surface area contributed by atoms with Crippen LogP contribution in [0.5, 0.6) is 5.95 Å². The SMILES string of the molecule is CCOc1ccc(C(=O)N2C[C@H]3CC[C@@H](C2)N(C)C3=O)o1. The van der Waals surface area contributed by atoms with Crippen molar-refractivity contribution in [3.63, 3.8) is 0 Å². The van der Waals surface area contributed by atoms with Gasteiger partial charge in [0.25, 0.3) is 11.9 Å². The van der Waals surface area contributed by atoms with Gasteiger partial charge in [-0.25, -0.2) is 0 Å². The molecule has 21 heavy (non-hydrogen) atoms. The van der Waals surface area contributed by atoms with Gasteiger partial charge in [-0.1, -0.05) is 0 Å². The van der Waals surface area contributed by atoms with E-state index in [1.54, 1.807) is 21.9 Å². The molecular formula is C15H20N2O4. The monoisotopic (exact) mass is 292 g/mol. The zero-order valence-corrected chi connectivity index (χ0v) is 12.4. The van der Waals surface area contributed by atoms with Crippen LogP contribution in [0.2, 0.25) is 0 Å². The fraction of sp³-hybridized carbons (Fsp3) is 0.600. The Balaban J connectivity index is 1.77. The molecular weight excluding hydrogens is 272 g/mol. The lowest BCUT2D eigenvalue weighted by Crippen LogP contribution is -2.45. The first-order valence-electron chi connectivity index (χ1n) is 7.38. The van der Waals surface area contributed by atoms with Crippen LogP contribution in [0.25, 0.3) is 0 Å². The van der Waals surface area contributed by atoms with E-state index >= 15 is 0 Å². The summed E-state index contributed by atoms with van der Waals surface area (Å²) in [6, 6.07) is 3.40. The Hall–Kier alpha value is -1.98. The van der Waals surface area contributed by atoms with Crippen LogP contribution in [0, 0.1) is 5.92 Å². The van der Waals surface area contributed by atoms with Gasteiger partial charge in [-0.2, -0.15) is 0 Å².